The van der Waals surface area contributed by atoms with Gasteiger partial charge in [0.15, 0.2) is 0 Å². The van der Waals surface area contributed by atoms with Crippen LogP contribution in [0.15, 0.2) is 40.9 Å². The van der Waals surface area contributed by atoms with E-state index in [1.165, 1.54) is 0 Å². The number of halogens is 3. The Labute approximate surface area is 147 Å². The topological polar surface area (TPSA) is 29.9 Å². The van der Waals surface area contributed by atoms with E-state index in [1.54, 1.807) is 12.1 Å². The van der Waals surface area contributed by atoms with Crippen LogP contribution in [0.3, 0.4) is 0 Å². The molecule has 0 amide bonds. The molecule has 6 heteroatoms. The lowest BCUT2D eigenvalue weighted by molar-refractivity contribution is 0.625. The monoisotopic (exact) mass is 397 g/mol. The van der Waals surface area contributed by atoms with E-state index in [-0.39, 0.29) is 6.04 Å². The first-order valence-corrected chi connectivity index (χ1v) is 8.41. The Morgan fingerprint density at radius 1 is 1.09 bits per heavy atom. The van der Waals surface area contributed by atoms with Crippen molar-refractivity contribution < 1.29 is 0 Å². The van der Waals surface area contributed by atoms with Crippen molar-refractivity contribution in [2.45, 2.75) is 19.9 Å². The van der Waals surface area contributed by atoms with Crippen LogP contribution in [0.25, 0.3) is 11.0 Å². The second-order valence-electron chi connectivity index (χ2n) is 5.23. The highest BCUT2D eigenvalue weighted by atomic mass is 79.9. The van der Waals surface area contributed by atoms with Crippen LogP contribution in [0.1, 0.15) is 19.9 Å². The predicted octanol–water partition coefficient (Wildman–Crippen LogP) is 6.43. The van der Waals surface area contributed by atoms with Crippen molar-refractivity contribution in [2.75, 3.05) is 5.32 Å². The van der Waals surface area contributed by atoms with Crippen LogP contribution in [0.4, 0.5) is 11.6 Å². The maximum Gasteiger partial charge on any atom is 0.208 e. The van der Waals surface area contributed by atoms with E-state index in [0.29, 0.717) is 21.7 Å². The second kappa shape index (κ2) is 6.11. The third kappa shape index (κ3) is 2.71. The Balaban J connectivity index is 2.19. The standard InChI is InChI=1S/C16H14BrCl2N3/c1-9(2)22-15-10(17)5-3-8-13(15)20-16(22)21-14-11(18)6-4-7-12(14)19/h3-9H,1-2H3,(H,20,21). The molecule has 0 aliphatic rings. The fraction of sp³-hybridized carbons (Fsp3) is 0.188. The van der Waals surface area contributed by atoms with Crippen molar-refractivity contribution in [1.29, 1.82) is 0 Å². The minimum Gasteiger partial charge on any atom is -0.323 e. The number of aromatic nitrogens is 2. The summed E-state index contributed by atoms with van der Waals surface area (Å²) in [5.41, 5.74) is 2.62. The zero-order valence-corrected chi connectivity index (χ0v) is 15.2. The number of para-hydroxylation sites is 2. The maximum absolute atomic E-state index is 6.25. The molecule has 1 aromatic heterocycles. The zero-order chi connectivity index (χ0) is 15.9. The number of nitrogens with zero attached hydrogens (tertiary/aromatic N) is 2. The fourth-order valence-corrected chi connectivity index (χ4v) is 3.47. The predicted molar refractivity (Wildman–Crippen MR) is 97.6 cm³/mol. The van der Waals surface area contributed by atoms with Gasteiger partial charge in [-0.15, -0.1) is 0 Å². The number of anilines is 2. The second-order valence-corrected chi connectivity index (χ2v) is 6.90. The average molecular weight is 399 g/mol. The third-order valence-corrected chi connectivity index (χ3v) is 4.65. The maximum atomic E-state index is 6.25. The highest BCUT2D eigenvalue weighted by molar-refractivity contribution is 9.10. The summed E-state index contributed by atoms with van der Waals surface area (Å²) in [6.45, 7) is 4.22. The van der Waals surface area contributed by atoms with Crippen molar-refractivity contribution >= 4 is 61.8 Å². The summed E-state index contributed by atoms with van der Waals surface area (Å²) in [5.74, 6) is 0.715. The first-order valence-electron chi connectivity index (χ1n) is 6.86. The quantitative estimate of drug-likeness (QED) is 0.550. The van der Waals surface area contributed by atoms with Gasteiger partial charge in [0.05, 0.1) is 26.8 Å². The summed E-state index contributed by atoms with van der Waals surface area (Å²) < 4.78 is 3.13. The van der Waals surface area contributed by atoms with E-state index in [0.717, 1.165) is 15.5 Å². The Morgan fingerprint density at radius 2 is 1.73 bits per heavy atom. The molecule has 2 aromatic carbocycles. The number of hydrogen-bond acceptors (Lipinski definition) is 2. The first kappa shape index (κ1) is 15.7. The largest absolute Gasteiger partial charge is 0.323 e. The highest BCUT2D eigenvalue weighted by Gasteiger charge is 2.17. The van der Waals surface area contributed by atoms with Gasteiger partial charge in [-0.2, -0.15) is 0 Å². The van der Waals surface area contributed by atoms with E-state index in [2.05, 4.69) is 44.6 Å². The number of benzene rings is 2. The number of fused-ring (bicyclic) bond motifs is 1. The molecule has 0 atom stereocenters. The lowest BCUT2D eigenvalue weighted by Gasteiger charge is -2.16. The molecule has 1 N–H and O–H groups in total. The number of rotatable bonds is 3. The normalized spacial score (nSPS) is 11.4. The van der Waals surface area contributed by atoms with Crippen molar-refractivity contribution in [3.8, 4) is 0 Å². The van der Waals surface area contributed by atoms with Gasteiger partial charge in [0, 0.05) is 10.5 Å². The molecule has 3 nitrogen and oxygen atoms in total. The van der Waals surface area contributed by atoms with Gasteiger partial charge in [-0.1, -0.05) is 35.3 Å². The molecule has 0 saturated carbocycles. The Bertz CT molecular complexity index is 823. The van der Waals surface area contributed by atoms with Crippen LogP contribution in [-0.2, 0) is 0 Å². The van der Waals surface area contributed by atoms with E-state index < -0.39 is 0 Å². The van der Waals surface area contributed by atoms with Gasteiger partial charge >= 0.3 is 0 Å². The van der Waals surface area contributed by atoms with Gasteiger partial charge in [-0.25, -0.2) is 4.98 Å². The zero-order valence-electron chi connectivity index (χ0n) is 12.1. The molecule has 1 heterocycles. The Hall–Kier alpha value is -1.23. The minimum absolute atomic E-state index is 0.229. The molecule has 0 fully saturated rings. The number of hydrogen-bond donors (Lipinski definition) is 1. The minimum atomic E-state index is 0.229. The van der Waals surface area contributed by atoms with Crippen molar-refractivity contribution in [1.82, 2.24) is 9.55 Å². The van der Waals surface area contributed by atoms with Crippen molar-refractivity contribution in [3.63, 3.8) is 0 Å². The van der Waals surface area contributed by atoms with Crippen LogP contribution >= 0.6 is 39.1 Å². The molecule has 0 unspecified atom stereocenters. The molecule has 0 saturated heterocycles. The molecule has 114 valence electrons. The first-order chi connectivity index (χ1) is 10.5. The van der Waals surface area contributed by atoms with Gasteiger partial charge in [-0.3, -0.25) is 0 Å². The molecule has 0 aliphatic carbocycles. The van der Waals surface area contributed by atoms with Crippen LogP contribution < -0.4 is 5.32 Å². The van der Waals surface area contributed by atoms with Gasteiger partial charge in [0.1, 0.15) is 0 Å². The molecular formula is C16H14BrCl2N3. The highest BCUT2D eigenvalue weighted by Crippen LogP contribution is 2.36. The van der Waals surface area contributed by atoms with Gasteiger partial charge in [0.25, 0.3) is 0 Å². The molecule has 0 bridgehead atoms. The fourth-order valence-electron chi connectivity index (χ4n) is 2.43. The third-order valence-electron chi connectivity index (χ3n) is 3.38. The van der Waals surface area contributed by atoms with Gasteiger partial charge in [0.2, 0.25) is 5.95 Å². The van der Waals surface area contributed by atoms with Crippen LogP contribution in [0.2, 0.25) is 10.0 Å². The Kier molecular flexibility index (Phi) is 4.35. The van der Waals surface area contributed by atoms with Gasteiger partial charge in [-0.05, 0) is 54.0 Å². The summed E-state index contributed by atoms with van der Waals surface area (Å²) in [4.78, 5) is 4.68. The summed E-state index contributed by atoms with van der Waals surface area (Å²) >= 11 is 16.1. The summed E-state index contributed by atoms with van der Waals surface area (Å²) in [6, 6.07) is 11.6. The molecule has 0 radical (unpaired) electrons. The lowest BCUT2D eigenvalue weighted by atomic mass is 10.3. The number of imidazole rings is 1. The number of nitrogens with one attached hydrogen (secondary N) is 1. The average Bonchev–Trinajstić information content (AvgIpc) is 2.83. The summed E-state index contributed by atoms with van der Waals surface area (Å²) in [7, 11) is 0. The molecule has 0 spiro atoms. The summed E-state index contributed by atoms with van der Waals surface area (Å²) in [5, 5.41) is 4.40. The van der Waals surface area contributed by atoms with Gasteiger partial charge < -0.3 is 9.88 Å². The van der Waals surface area contributed by atoms with Crippen molar-refractivity contribution in [2.24, 2.45) is 0 Å². The van der Waals surface area contributed by atoms with E-state index in [4.69, 9.17) is 23.2 Å². The Morgan fingerprint density at radius 3 is 2.36 bits per heavy atom. The van der Waals surface area contributed by atoms with Crippen molar-refractivity contribution in [3.05, 3.63) is 50.9 Å². The van der Waals surface area contributed by atoms with Crippen LogP contribution in [0.5, 0.6) is 0 Å². The smallest absolute Gasteiger partial charge is 0.208 e. The van der Waals surface area contributed by atoms with E-state index >= 15 is 0 Å². The van der Waals surface area contributed by atoms with E-state index in [9.17, 15) is 0 Å². The lowest BCUT2D eigenvalue weighted by Crippen LogP contribution is -2.06. The molecule has 22 heavy (non-hydrogen) atoms. The SMILES string of the molecule is CC(C)n1c(Nc2c(Cl)cccc2Cl)nc2cccc(Br)c21. The summed E-state index contributed by atoms with van der Waals surface area (Å²) in [6.07, 6.45) is 0. The molecular weight excluding hydrogens is 385 g/mol. The molecule has 3 rings (SSSR count). The molecule has 3 aromatic rings. The molecule has 0 aliphatic heterocycles. The van der Waals surface area contributed by atoms with Crippen LogP contribution in [0, 0.1) is 0 Å². The van der Waals surface area contributed by atoms with E-state index in [1.807, 2.05) is 24.3 Å². The van der Waals surface area contributed by atoms with Crippen LogP contribution in [-0.4, -0.2) is 9.55 Å².